The van der Waals surface area contributed by atoms with Crippen LogP contribution in [0.3, 0.4) is 0 Å². The van der Waals surface area contributed by atoms with Crippen LogP contribution in [-0.2, 0) is 11.3 Å². The zero-order chi connectivity index (χ0) is 22.0. The maximum absolute atomic E-state index is 12.5. The van der Waals surface area contributed by atoms with Crippen LogP contribution in [0.5, 0.6) is 5.75 Å². The second-order valence-corrected chi connectivity index (χ2v) is 8.07. The first-order valence-electron chi connectivity index (χ1n) is 10.0. The normalized spacial score (nSPS) is 11.1. The molecule has 31 heavy (non-hydrogen) atoms. The number of fused-ring (bicyclic) bond motifs is 1. The summed E-state index contributed by atoms with van der Waals surface area (Å²) in [4.78, 5) is 12.5. The molecule has 2 heterocycles. The summed E-state index contributed by atoms with van der Waals surface area (Å²) < 4.78 is 13.4. The molecule has 0 aliphatic rings. The molecule has 2 aromatic heterocycles. The molecule has 0 fully saturated rings. The number of hydrogen-bond acceptors (Lipinski definition) is 6. The fourth-order valence-corrected chi connectivity index (χ4v) is 4.18. The molecule has 8 heteroatoms. The third-order valence-corrected chi connectivity index (χ3v) is 6.16. The lowest BCUT2D eigenvalue weighted by Crippen LogP contribution is -2.15. The molecule has 0 bridgehead atoms. The van der Waals surface area contributed by atoms with E-state index in [0.717, 1.165) is 22.2 Å². The van der Waals surface area contributed by atoms with Crippen molar-refractivity contribution in [1.82, 2.24) is 14.8 Å². The lowest BCUT2D eigenvalue weighted by Gasteiger charge is -2.10. The van der Waals surface area contributed by atoms with E-state index in [4.69, 9.17) is 9.15 Å². The monoisotopic (exact) mass is 436 g/mol. The van der Waals surface area contributed by atoms with E-state index in [0.29, 0.717) is 34.6 Å². The number of aromatic nitrogens is 3. The molecule has 1 N–H and O–H groups in total. The average molecular weight is 437 g/mol. The number of anilines is 1. The van der Waals surface area contributed by atoms with E-state index in [1.165, 1.54) is 11.8 Å². The van der Waals surface area contributed by atoms with Gasteiger partial charge in [0.05, 0.1) is 12.9 Å². The van der Waals surface area contributed by atoms with Gasteiger partial charge in [0.1, 0.15) is 0 Å². The molecule has 160 valence electrons. The van der Waals surface area contributed by atoms with Crippen molar-refractivity contribution in [2.45, 2.75) is 32.5 Å². The SMILES string of the molecule is CCn1c(SCC(=O)Nc2cccc(C)c2C)nnc1-c1cc2cccc(OC)c2o1. The van der Waals surface area contributed by atoms with Crippen LogP contribution >= 0.6 is 11.8 Å². The summed E-state index contributed by atoms with van der Waals surface area (Å²) in [6.45, 7) is 6.69. The molecule has 0 aliphatic carbocycles. The Morgan fingerprint density at radius 3 is 2.77 bits per heavy atom. The maximum Gasteiger partial charge on any atom is 0.234 e. The molecule has 0 unspecified atom stereocenters. The smallest absolute Gasteiger partial charge is 0.234 e. The first kappa shape index (κ1) is 21.0. The predicted octanol–water partition coefficient (Wildman–Crippen LogP) is 5.07. The number of carbonyl (C=O) groups excluding carboxylic acids is 1. The fourth-order valence-electron chi connectivity index (χ4n) is 3.37. The van der Waals surface area contributed by atoms with Crippen LogP contribution in [0.4, 0.5) is 5.69 Å². The third-order valence-electron chi connectivity index (χ3n) is 5.19. The molecular weight excluding hydrogens is 412 g/mol. The Balaban J connectivity index is 1.52. The summed E-state index contributed by atoms with van der Waals surface area (Å²) in [5.74, 6) is 2.06. The van der Waals surface area contributed by atoms with Gasteiger partial charge in [0.15, 0.2) is 22.2 Å². The number of nitrogens with zero attached hydrogens (tertiary/aromatic N) is 3. The van der Waals surface area contributed by atoms with Crippen LogP contribution < -0.4 is 10.1 Å². The molecule has 4 rings (SSSR count). The van der Waals surface area contributed by atoms with Crippen LogP contribution in [0.1, 0.15) is 18.1 Å². The van der Waals surface area contributed by atoms with Crippen molar-refractivity contribution in [1.29, 1.82) is 0 Å². The van der Waals surface area contributed by atoms with Crippen LogP contribution in [0.15, 0.2) is 52.0 Å². The molecule has 0 radical (unpaired) electrons. The molecule has 0 saturated carbocycles. The number of para-hydroxylation sites is 1. The van der Waals surface area contributed by atoms with Crippen molar-refractivity contribution in [2.24, 2.45) is 0 Å². The van der Waals surface area contributed by atoms with Crippen molar-refractivity contribution in [3.8, 4) is 17.3 Å². The number of aryl methyl sites for hydroxylation is 1. The number of amides is 1. The second-order valence-electron chi connectivity index (χ2n) is 7.12. The van der Waals surface area contributed by atoms with Crippen LogP contribution in [0, 0.1) is 13.8 Å². The van der Waals surface area contributed by atoms with Crippen molar-refractivity contribution in [2.75, 3.05) is 18.2 Å². The molecule has 0 spiro atoms. The number of hydrogen-bond donors (Lipinski definition) is 1. The van der Waals surface area contributed by atoms with E-state index >= 15 is 0 Å². The highest BCUT2D eigenvalue weighted by Crippen LogP contribution is 2.33. The zero-order valence-corrected chi connectivity index (χ0v) is 18.7. The third kappa shape index (κ3) is 4.16. The first-order chi connectivity index (χ1) is 15.0. The number of rotatable bonds is 7. The highest BCUT2D eigenvalue weighted by Gasteiger charge is 2.19. The second kappa shape index (κ2) is 8.85. The van der Waals surface area contributed by atoms with E-state index in [1.54, 1.807) is 7.11 Å². The van der Waals surface area contributed by atoms with Crippen LogP contribution in [-0.4, -0.2) is 33.5 Å². The summed E-state index contributed by atoms with van der Waals surface area (Å²) in [5, 5.41) is 13.2. The predicted molar refractivity (Wildman–Crippen MR) is 123 cm³/mol. The van der Waals surface area contributed by atoms with Crippen molar-refractivity contribution in [3.63, 3.8) is 0 Å². The van der Waals surface area contributed by atoms with Crippen molar-refractivity contribution < 1.29 is 13.9 Å². The number of methoxy groups -OCH3 is 1. The largest absolute Gasteiger partial charge is 0.493 e. The number of thioether (sulfide) groups is 1. The summed E-state index contributed by atoms with van der Waals surface area (Å²) in [7, 11) is 1.61. The summed E-state index contributed by atoms with van der Waals surface area (Å²) in [6.07, 6.45) is 0. The molecule has 1 amide bonds. The lowest BCUT2D eigenvalue weighted by atomic mass is 10.1. The first-order valence-corrected chi connectivity index (χ1v) is 11.0. The summed E-state index contributed by atoms with van der Waals surface area (Å²) in [5.41, 5.74) is 3.72. The lowest BCUT2D eigenvalue weighted by molar-refractivity contribution is -0.113. The highest BCUT2D eigenvalue weighted by atomic mass is 32.2. The van der Waals surface area contributed by atoms with E-state index in [2.05, 4.69) is 15.5 Å². The van der Waals surface area contributed by atoms with Crippen molar-refractivity contribution in [3.05, 3.63) is 53.6 Å². The Bertz CT molecular complexity index is 1250. The minimum Gasteiger partial charge on any atom is -0.493 e. The molecule has 7 nitrogen and oxygen atoms in total. The molecule has 0 saturated heterocycles. The van der Waals surface area contributed by atoms with E-state index in [-0.39, 0.29) is 11.7 Å². The summed E-state index contributed by atoms with van der Waals surface area (Å²) in [6, 6.07) is 13.5. The topological polar surface area (TPSA) is 82.2 Å². The molecule has 0 atom stereocenters. The standard InChI is InChI=1S/C23H24N4O3S/c1-5-27-22(19-12-16-9-7-11-18(29-4)21(16)30-19)25-26-23(27)31-13-20(28)24-17-10-6-8-14(2)15(17)3/h6-12H,5,13H2,1-4H3,(H,24,28). The maximum atomic E-state index is 12.5. The van der Waals surface area contributed by atoms with Crippen LogP contribution in [0.2, 0.25) is 0 Å². The number of nitrogens with one attached hydrogen (secondary N) is 1. The van der Waals surface area contributed by atoms with Gasteiger partial charge in [-0.3, -0.25) is 9.36 Å². The zero-order valence-electron chi connectivity index (χ0n) is 17.9. The quantitative estimate of drug-likeness (QED) is 0.408. The number of furan rings is 1. The van der Waals surface area contributed by atoms with E-state index in [9.17, 15) is 4.79 Å². The van der Waals surface area contributed by atoms with E-state index < -0.39 is 0 Å². The molecule has 2 aromatic carbocycles. The van der Waals surface area contributed by atoms with Gasteiger partial charge in [-0.05, 0) is 50.1 Å². The van der Waals surface area contributed by atoms with Gasteiger partial charge in [-0.25, -0.2) is 0 Å². The van der Waals surface area contributed by atoms with E-state index in [1.807, 2.05) is 67.8 Å². The highest BCUT2D eigenvalue weighted by molar-refractivity contribution is 7.99. The Kier molecular flexibility index (Phi) is 5.99. The number of benzene rings is 2. The van der Waals surface area contributed by atoms with Gasteiger partial charge in [-0.1, -0.05) is 36.0 Å². The Morgan fingerprint density at radius 1 is 1.19 bits per heavy atom. The van der Waals surface area contributed by atoms with Gasteiger partial charge in [-0.15, -0.1) is 10.2 Å². The van der Waals surface area contributed by atoms with Gasteiger partial charge in [0, 0.05) is 17.6 Å². The Hall–Kier alpha value is -3.26. The Morgan fingerprint density at radius 2 is 2.00 bits per heavy atom. The Labute approximate surface area is 184 Å². The number of ether oxygens (including phenoxy) is 1. The van der Waals surface area contributed by atoms with Gasteiger partial charge >= 0.3 is 0 Å². The van der Waals surface area contributed by atoms with Gasteiger partial charge < -0.3 is 14.5 Å². The van der Waals surface area contributed by atoms with Gasteiger partial charge in [-0.2, -0.15) is 0 Å². The molecular formula is C23H24N4O3S. The minimum atomic E-state index is -0.0839. The van der Waals surface area contributed by atoms with Crippen molar-refractivity contribution >= 4 is 34.3 Å². The average Bonchev–Trinajstić information content (AvgIpc) is 3.38. The molecule has 0 aliphatic heterocycles. The molecule has 4 aromatic rings. The summed E-state index contributed by atoms with van der Waals surface area (Å²) >= 11 is 1.35. The van der Waals surface area contributed by atoms with Gasteiger partial charge in [0.25, 0.3) is 0 Å². The van der Waals surface area contributed by atoms with Gasteiger partial charge in [0.2, 0.25) is 11.7 Å². The van der Waals surface area contributed by atoms with Crippen LogP contribution in [0.25, 0.3) is 22.6 Å². The fraction of sp³-hybridized carbons (Fsp3) is 0.261. The number of carbonyl (C=O) groups is 1. The minimum absolute atomic E-state index is 0.0839.